The van der Waals surface area contributed by atoms with Crippen molar-refractivity contribution < 1.29 is 14.7 Å². The predicted molar refractivity (Wildman–Crippen MR) is 78.1 cm³/mol. The number of hydrogen-bond acceptors (Lipinski definition) is 3. The van der Waals surface area contributed by atoms with E-state index in [2.05, 4.69) is 0 Å². The Hall–Kier alpha value is -1.88. The van der Waals surface area contributed by atoms with Gasteiger partial charge in [0.25, 0.3) is 5.91 Å². The first-order chi connectivity index (χ1) is 9.66. The maximum absolute atomic E-state index is 12.6. The molecule has 2 heterocycles. The van der Waals surface area contributed by atoms with Gasteiger partial charge in [-0.25, -0.2) is 0 Å². The van der Waals surface area contributed by atoms with E-state index in [9.17, 15) is 9.59 Å². The van der Waals surface area contributed by atoms with Gasteiger partial charge < -0.3 is 10.0 Å². The zero-order chi connectivity index (χ0) is 14.1. The van der Waals surface area contributed by atoms with Crippen molar-refractivity contribution in [2.45, 2.75) is 12.8 Å². The van der Waals surface area contributed by atoms with Crippen molar-refractivity contribution in [2.75, 3.05) is 13.1 Å². The number of thiophene rings is 1. The molecule has 1 amide bonds. The molecule has 1 atom stereocenters. The number of amides is 1. The van der Waals surface area contributed by atoms with Crippen LogP contribution in [0.3, 0.4) is 0 Å². The van der Waals surface area contributed by atoms with Gasteiger partial charge in [-0.05, 0) is 18.9 Å². The highest BCUT2D eigenvalue weighted by Crippen LogP contribution is 2.28. The molecule has 1 N–H and O–H groups in total. The number of carbonyl (C=O) groups excluding carboxylic acids is 1. The van der Waals surface area contributed by atoms with Gasteiger partial charge in [-0.2, -0.15) is 0 Å². The molecule has 1 saturated heterocycles. The largest absolute Gasteiger partial charge is 0.481 e. The number of aliphatic carboxylic acids is 1. The second-order valence-electron chi connectivity index (χ2n) is 5.07. The van der Waals surface area contributed by atoms with Crippen LogP contribution in [0.1, 0.15) is 23.2 Å². The monoisotopic (exact) mass is 289 g/mol. The molecule has 0 spiro atoms. The van der Waals surface area contributed by atoms with E-state index in [1.54, 1.807) is 16.2 Å². The number of carboxylic acid groups (broad SMARTS) is 1. The molecule has 20 heavy (non-hydrogen) atoms. The van der Waals surface area contributed by atoms with Crippen LogP contribution in [-0.2, 0) is 4.79 Å². The van der Waals surface area contributed by atoms with Crippen LogP contribution in [-0.4, -0.2) is 35.0 Å². The zero-order valence-electron chi connectivity index (χ0n) is 10.9. The van der Waals surface area contributed by atoms with Crippen LogP contribution in [0.25, 0.3) is 10.1 Å². The summed E-state index contributed by atoms with van der Waals surface area (Å²) in [6.07, 6.45) is 1.41. The molecule has 1 aromatic heterocycles. The molecule has 1 aliphatic rings. The fourth-order valence-electron chi connectivity index (χ4n) is 2.68. The summed E-state index contributed by atoms with van der Waals surface area (Å²) in [5.41, 5.74) is 0.691. The maximum atomic E-state index is 12.6. The summed E-state index contributed by atoms with van der Waals surface area (Å²) >= 11 is 1.55. The molecule has 104 valence electrons. The van der Waals surface area contributed by atoms with Crippen LogP contribution in [0, 0.1) is 5.92 Å². The molecular weight excluding hydrogens is 274 g/mol. The average Bonchev–Trinajstić information content (AvgIpc) is 2.90. The normalized spacial score (nSPS) is 19.2. The van der Waals surface area contributed by atoms with Crippen molar-refractivity contribution in [3.8, 4) is 0 Å². The molecule has 4 nitrogen and oxygen atoms in total. The van der Waals surface area contributed by atoms with Gasteiger partial charge >= 0.3 is 5.97 Å². The molecular formula is C15H15NO3S. The van der Waals surface area contributed by atoms with Gasteiger partial charge in [0, 0.05) is 28.6 Å². The summed E-state index contributed by atoms with van der Waals surface area (Å²) in [4.78, 5) is 25.3. The Kier molecular flexibility index (Phi) is 3.44. The Morgan fingerprint density at radius 1 is 1.30 bits per heavy atom. The minimum atomic E-state index is -0.808. The van der Waals surface area contributed by atoms with Gasteiger partial charge in [-0.15, -0.1) is 11.3 Å². The highest BCUT2D eigenvalue weighted by Gasteiger charge is 2.29. The Labute approximate surface area is 120 Å². The molecule has 0 radical (unpaired) electrons. The molecule has 0 bridgehead atoms. The van der Waals surface area contributed by atoms with E-state index >= 15 is 0 Å². The summed E-state index contributed by atoms with van der Waals surface area (Å²) in [7, 11) is 0. The van der Waals surface area contributed by atoms with E-state index in [0.29, 0.717) is 25.1 Å². The number of benzene rings is 1. The third-order valence-corrected chi connectivity index (χ3v) is 4.73. The summed E-state index contributed by atoms with van der Waals surface area (Å²) in [6, 6.07) is 7.81. The van der Waals surface area contributed by atoms with Gasteiger partial charge in [0.1, 0.15) is 0 Å². The fraction of sp³-hybridized carbons (Fsp3) is 0.333. The summed E-state index contributed by atoms with van der Waals surface area (Å²) in [5.74, 6) is -1.29. The third kappa shape index (κ3) is 2.29. The van der Waals surface area contributed by atoms with E-state index in [4.69, 9.17) is 5.11 Å². The Balaban J connectivity index is 1.87. The highest BCUT2D eigenvalue weighted by molar-refractivity contribution is 7.17. The van der Waals surface area contributed by atoms with Crippen molar-refractivity contribution in [3.05, 3.63) is 35.2 Å². The first kappa shape index (κ1) is 13.1. The van der Waals surface area contributed by atoms with E-state index in [1.165, 1.54) is 0 Å². The van der Waals surface area contributed by atoms with E-state index in [1.807, 2.05) is 29.6 Å². The van der Waals surface area contributed by atoms with E-state index < -0.39 is 11.9 Å². The van der Waals surface area contributed by atoms with Crippen molar-refractivity contribution in [3.63, 3.8) is 0 Å². The van der Waals surface area contributed by atoms with Crippen LogP contribution in [0.2, 0.25) is 0 Å². The first-order valence-corrected chi connectivity index (χ1v) is 7.53. The Bertz CT molecular complexity index is 664. The maximum Gasteiger partial charge on any atom is 0.308 e. The summed E-state index contributed by atoms with van der Waals surface area (Å²) < 4.78 is 1.09. The second kappa shape index (κ2) is 5.25. The molecule has 1 aromatic carbocycles. The standard InChI is InChI=1S/C15H15NO3S/c17-14(16-7-3-4-10(8-16)15(18)19)12-9-20-13-6-2-1-5-11(12)13/h1-2,5-6,9-10H,3-4,7-8H2,(H,18,19). The van der Waals surface area contributed by atoms with Crippen LogP contribution >= 0.6 is 11.3 Å². The molecule has 1 unspecified atom stereocenters. The fourth-order valence-corrected chi connectivity index (χ4v) is 3.61. The lowest BCUT2D eigenvalue weighted by Crippen LogP contribution is -2.42. The Morgan fingerprint density at radius 3 is 2.90 bits per heavy atom. The number of hydrogen-bond donors (Lipinski definition) is 1. The second-order valence-corrected chi connectivity index (χ2v) is 5.99. The molecule has 1 aliphatic heterocycles. The minimum absolute atomic E-state index is 0.0478. The average molecular weight is 289 g/mol. The lowest BCUT2D eigenvalue weighted by atomic mass is 9.97. The number of piperidine rings is 1. The number of carbonyl (C=O) groups is 2. The van der Waals surface area contributed by atoms with Crippen LogP contribution in [0.4, 0.5) is 0 Å². The van der Waals surface area contributed by atoms with Gasteiger partial charge in [0.15, 0.2) is 0 Å². The lowest BCUT2D eigenvalue weighted by Gasteiger charge is -2.30. The first-order valence-electron chi connectivity index (χ1n) is 6.65. The van der Waals surface area contributed by atoms with Crippen LogP contribution < -0.4 is 0 Å². The number of rotatable bonds is 2. The van der Waals surface area contributed by atoms with Gasteiger partial charge in [-0.3, -0.25) is 9.59 Å². The van der Waals surface area contributed by atoms with Crippen molar-refractivity contribution in [1.29, 1.82) is 0 Å². The quantitative estimate of drug-likeness (QED) is 0.925. The lowest BCUT2D eigenvalue weighted by molar-refractivity contribution is -0.143. The third-order valence-electron chi connectivity index (χ3n) is 3.77. The highest BCUT2D eigenvalue weighted by atomic mass is 32.1. The van der Waals surface area contributed by atoms with Gasteiger partial charge in [-0.1, -0.05) is 18.2 Å². The summed E-state index contributed by atoms with van der Waals surface area (Å²) in [6.45, 7) is 0.963. The molecule has 5 heteroatoms. The van der Waals surface area contributed by atoms with Gasteiger partial charge in [0.05, 0.1) is 11.5 Å². The SMILES string of the molecule is O=C(O)C1CCCN(C(=O)c2csc3ccccc23)C1. The zero-order valence-corrected chi connectivity index (χ0v) is 11.7. The molecule has 1 fully saturated rings. The topological polar surface area (TPSA) is 57.6 Å². The number of likely N-dealkylation sites (tertiary alicyclic amines) is 1. The summed E-state index contributed by atoms with van der Waals surface area (Å²) in [5, 5.41) is 11.9. The van der Waals surface area contributed by atoms with Crippen LogP contribution in [0.5, 0.6) is 0 Å². The smallest absolute Gasteiger partial charge is 0.308 e. The molecule has 0 aliphatic carbocycles. The van der Waals surface area contributed by atoms with Crippen molar-refractivity contribution >= 4 is 33.3 Å². The number of fused-ring (bicyclic) bond motifs is 1. The van der Waals surface area contributed by atoms with Crippen molar-refractivity contribution in [1.82, 2.24) is 4.90 Å². The van der Waals surface area contributed by atoms with Crippen LogP contribution in [0.15, 0.2) is 29.6 Å². The number of nitrogens with zero attached hydrogens (tertiary/aromatic N) is 1. The molecule has 2 aromatic rings. The minimum Gasteiger partial charge on any atom is -0.481 e. The van der Waals surface area contributed by atoms with E-state index in [-0.39, 0.29) is 5.91 Å². The molecule has 3 rings (SSSR count). The Morgan fingerprint density at radius 2 is 2.10 bits per heavy atom. The van der Waals surface area contributed by atoms with E-state index in [0.717, 1.165) is 16.5 Å². The molecule has 0 saturated carbocycles. The van der Waals surface area contributed by atoms with Gasteiger partial charge in [0.2, 0.25) is 0 Å². The van der Waals surface area contributed by atoms with Crippen molar-refractivity contribution in [2.24, 2.45) is 5.92 Å². The predicted octanol–water partition coefficient (Wildman–Crippen LogP) is 2.84. The number of carboxylic acids is 1.